The number of carbonyl (C=O) groups is 4. The molecule has 0 aliphatic carbocycles. The molecule has 140 valence electrons. The molecule has 25 heavy (non-hydrogen) atoms. The first-order valence-electron chi connectivity index (χ1n) is 8.11. The SMILES string of the molecule is CSCC[C@H](NC(=O)[C@H]1NC(=O)CC1C)C(=O)N1CSCC1C(N)=O. The maximum atomic E-state index is 12.9. The molecule has 2 aliphatic heterocycles. The van der Waals surface area contributed by atoms with E-state index in [0.717, 1.165) is 0 Å². The summed E-state index contributed by atoms with van der Waals surface area (Å²) in [7, 11) is 0. The second-order valence-corrected chi connectivity index (χ2v) is 8.28. The number of amides is 4. The summed E-state index contributed by atoms with van der Waals surface area (Å²) < 4.78 is 0. The van der Waals surface area contributed by atoms with Crippen molar-refractivity contribution in [3.05, 3.63) is 0 Å². The highest BCUT2D eigenvalue weighted by Crippen LogP contribution is 2.23. The molecule has 8 nitrogen and oxygen atoms in total. The van der Waals surface area contributed by atoms with E-state index < -0.39 is 24.0 Å². The van der Waals surface area contributed by atoms with E-state index in [0.29, 0.717) is 30.2 Å². The van der Waals surface area contributed by atoms with Crippen molar-refractivity contribution in [2.24, 2.45) is 11.7 Å². The fourth-order valence-corrected chi connectivity index (χ4v) is 4.61. The van der Waals surface area contributed by atoms with Gasteiger partial charge in [0.05, 0.1) is 5.88 Å². The third kappa shape index (κ3) is 4.81. The summed E-state index contributed by atoms with van der Waals surface area (Å²) in [6.07, 6.45) is 2.67. The van der Waals surface area contributed by atoms with Crippen LogP contribution in [0.15, 0.2) is 0 Å². The predicted octanol–water partition coefficient (Wildman–Crippen LogP) is -0.864. The molecule has 4 N–H and O–H groups in total. The van der Waals surface area contributed by atoms with E-state index in [1.54, 1.807) is 11.8 Å². The number of carbonyl (C=O) groups excluding carboxylic acids is 4. The summed E-state index contributed by atoms with van der Waals surface area (Å²) in [5.41, 5.74) is 5.38. The van der Waals surface area contributed by atoms with Crippen LogP contribution in [0.5, 0.6) is 0 Å². The Balaban J connectivity index is 2.07. The predicted molar refractivity (Wildman–Crippen MR) is 97.8 cm³/mol. The lowest BCUT2D eigenvalue weighted by molar-refractivity contribution is -0.140. The molecule has 10 heteroatoms. The molecule has 0 radical (unpaired) electrons. The van der Waals surface area contributed by atoms with Crippen LogP contribution in [0.3, 0.4) is 0 Å². The monoisotopic (exact) mass is 388 g/mol. The molecule has 0 aromatic heterocycles. The minimum atomic E-state index is -0.731. The highest BCUT2D eigenvalue weighted by Gasteiger charge is 2.39. The Hall–Kier alpha value is -1.42. The topological polar surface area (TPSA) is 122 Å². The van der Waals surface area contributed by atoms with Gasteiger partial charge in [0.1, 0.15) is 18.1 Å². The smallest absolute Gasteiger partial charge is 0.246 e. The Morgan fingerprint density at radius 3 is 2.76 bits per heavy atom. The average molecular weight is 389 g/mol. The van der Waals surface area contributed by atoms with E-state index in [1.807, 2.05) is 13.2 Å². The first-order chi connectivity index (χ1) is 11.8. The highest BCUT2D eigenvalue weighted by atomic mass is 32.2. The normalized spacial score (nSPS) is 27.0. The molecular formula is C15H24N4O4S2. The summed E-state index contributed by atoms with van der Waals surface area (Å²) in [4.78, 5) is 49.8. The molecule has 2 unspecified atom stereocenters. The first-order valence-corrected chi connectivity index (χ1v) is 10.7. The quantitative estimate of drug-likeness (QED) is 0.522. The van der Waals surface area contributed by atoms with Gasteiger partial charge in [0.2, 0.25) is 23.6 Å². The van der Waals surface area contributed by atoms with Gasteiger partial charge in [0.15, 0.2) is 0 Å². The third-order valence-corrected chi connectivity index (χ3v) is 6.05. The van der Waals surface area contributed by atoms with Gasteiger partial charge < -0.3 is 21.3 Å². The third-order valence-electron chi connectivity index (χ3n) is 4.39. The Labute approximate surface area is 155 Å². The highest BCUT2D eigenvalue weighted by molar-refractivity contribution is 7.99. The van der Waals surface area contributed by atoms with Gasteiger partial charge in [-0.1, -0.05) is 6.92 Å². The minimum Gasteiger partial charge on any atom is -0.368 e. The summed E-state index contributed by atoms with van der Waals surface area (Å²) in [5, 5.41) is 5.40. The lowest BCUT2D eigenvalue weighted by Crippen LogP contribution is -2.56. The van der Waals surface area contributed by atoms with Crippen molar-refractivity contribution in [3.8, 4) is 0 Å². The van der Waals surface area contributed by atoms with E-state index in [9.17, 15) is 19.2 Å². The van der Waals surface area contributed by atoms with E-state index >= 15 is 0 Å². The number of nitrogens with two attached hydrogens (primary N) is 1. The van der Waals surface area contributed by atoms with Crippen LogP contribution in [0.4, 0.5) is 0 Å². The fourth-order valence-electron chi connectivity index (χ4n) is 2.96. The molecule has 2 fully saturated rings. The van der Waals surface area contributed by atoms with Gasteiger partial charge in [-0.05, 0) is 24.3 Å². The fraction of sp³-hybridized carbons (Fsp3) is 0.733. The molecule has 0 bridgehead atoms. The average Bonchev–Trinajstić information content (AvgIpc) is 3.17. The molecule has 0 saturated carbocycles. The van der Waals surface area contributed by atoms with Crippen LogP contribution < -0.4 is 16.4 Å². The van der Waals surface area contributed by atoms with Crippen molar-refractivity contribution in [2.45, 2.75) is 37.9 Å². The molecule has 4 amide bonds. The van der Waals surface area contributed by atoms with Crippen molar-refractivity contribution >= 4 is 47.2 Å². The van der Waals surface area contributed by atoms with Crippen molar-refractivity contribution in [1.82, 2.24) is 15.5 Å². The van der Waals surface area contributed by atoms with Crippen molar-refractivity contribution < 1.29 is 19.2 Å². The number of hydrogen-bond acceptors (Lipinski definition) is 6. The Bertz CT molecular complexity index is 560. The first kappa shape index (κ1) is 19.9. The zero-order valence-electron chi connectivity index (χ0n) is 14.3. The molecule has 0 aromatic rings. The zero-order chi connectivity index (χ0) is 18.6. The van der Waals surface area contributed by atoms with Gasteiger partial charge in [-0.3, -0.25) is 19.2 Å². The van der Waals surface area contributed by atoms with E-state index in [4.69, 9.17) is 5.73 Å². The number of thioether (sulfide) groups is 2. The Kier molecular flexibility index (Phi) is 7.00. The van der Waals surface area contributed by atoms with Crippen molar-refractivity contribution in [3.63, 3.8) is 0 Å². The van der Waals surface area contributed by atoms with Gasteiger partial charge in [-0.2, -0.15) is 11.8 Å². The number of primary amides is 1. The standard InChI is InChI=1S/C15H24N4O4S2/c1-8-5-11(20)18-12(8)14(22)17-9(3-4-24-2)15(23)19-7-25-6-10(19)13(16)21/h8-10,12H,3-7H2,1-2H3,(H2,16,21)(H,17,22)(H,18,20)/t8?,9-,10?,12-/m0/s1. The summed E-state index contributed by atoms with van der Waals surface area (Å²) in [5.74, 6) is 0.0624. The number of rotatable bonds is 7. The van der Waals surface area contributed by atoms with E-state index in [2.05, 4.69) is 10.6 Å². The maximum Gasteiger partial charge on any atom is 0.246 e. The molecule has 2 aliphatic rings. The van der Waals surface area contributed by atoms with E-state index in [-0.39, 0.29) is 23.6 Å². The van der Waals surface area contributed by atoms with Gasteiger partial charge >= 0.3 is 0 Å². The van der Waals surface area contributed by atoms with Gasteiger partial charge in [-0.25, -0.2) is 0 Å². The van der Waals surface area contributed by atoms with Gasteiger partial charge in [-0.15, -0.1) is 11.8 Å². The van der Waals surface area contributed by atoms with Crippen LogP contribution in [-0.4, -0.2) is 70.3 Å². The Morgan fingerprint density at radius 2 is 2.20 bits per heavy atom. The lowest BCUT2D eigenvalue weighted by atomic mass is 10.0. The number of nitrogens with one attached hydrogen (secondary N) is 2. The molecule has 4 atom stereocenters. The molecule has 0 spiro atoms. The number of nitrogens with zero attached hydrogens (tertiary/aromatic N) is 1. The summed E-state index contributed by atoms with van der Waals surface area (Å²) in [6.45, 7) is 1.82. The lowest BCUT2D eigenvalue weighted by Gasteiger charge is -2.28. The van der Waals surface area contributed by atoms with E-state index in [1.165, 1.54) is 16.7 Å². The van der Waals surface area contributed by atoms with Crippen molar-refractivity contribution in [1.29, 1.82) is 0 Å². The minimum absolute atomic E-state index is 0.121. The van der Waals surface area contributed by atoms with Gasteiger partial charge in [0.25, 0.3) is 0 Å². The molecular weight excluding hydrogens is 364 g/mol. The van der Waals surface area contributed by atoms with Crippen LogP contribution in [0, 0.1) is 5.92 Å². The Morgan fingerprint density at radius 1 is 1.48 bits per heavy atom. The van der Waals surface area contributed by atoms with Crippen LogP contribution in [0.1, 0.15) is 19.8 Å². The molecule has 0 aromatic carbocycles. The maximum absolute atomic E-state index is 12.9. The molecule has 2 saturated heterocycles. The molecule has 2 rings (SSSR count). The van der Waals surface area contributed by atoms with Gasteiger partial charge in [0, 0.05) is 12.2 Å². The second kappa shape index (κ2) is 8.79. The zero-order valence-corrected chi connectivity index (χ0v) is 16.0. The summed E-state index contributed by atoms with van der Waals surface area (Å²) >= 11 is 3.03. The number of hydrogen-bond donors (Lipinski definition) is 3. The van der Waals surface area contributed by atoms with Crippen LogP contribution in [-0.2, 0) is 19.2 Å². The van der Waals surface area contributed by atoms with Crippen LogP contribution >= 0.6 is 23.5 Å². The van der Waals surface area contributed by atoms with Crippen LogP contribution in [0.25, 0.3) is 0 Å². The van der Waals surface area contributed by atoms with Crippen molar-refractivity contribution in [2.75, 3.05) is 23.6 Å². The molecule has 2 heterocycles. The second-order valence-electron chi connectivity index (χ2n) is 6.30. The van der Waals surface area contributed by atoms with Crippen LogP contribution in [0.2, 0.25) is 0 Å². The summed E-state index contributed by atoms with van der Waals surface area (Å²) in [6, 6.07) is -2.00. The largest absolute Gasteiger partial charge is 0.368 e.